The van der Waals surface area contributed by atoms with Crippen LogP contribution in [0.5, 0.6) is 0 Å². The highest BCUT2D eigenvalue weighted by atomic mass is 16.5. The zero-order valence-electron chi connectivity index (χ0n) is 14.3. The van der Waals surface area contributed by atoms with Gasteiger partial charge in [-0.3, -0.25) is 0 Å². The highest BCUT2D eigenvalue weighted by Crippen LogP contribution is 2.48. The smallest absolute Gasteiger partial charge is 0.0685 e. The Labute approximate surface area is 130 Å². The SMILES string of the molecule is CCNC(C1CCOC2(CCC2)C1)C1(N(C)C)CCCC1. The third-order valence-corrected chi connectivity index (χ3v) is 6.63. The molecule has 0 aromatic carbocycles. The van der Waals surface area contributed by atoms with Gasteiger partial charge in [0.25, 0.3) is 0 Å². The molecule has 21 heavy (non-hydrogen) atoms. The average molecular weight is 294 g/mol. The summed E-state index contributed by atoms with van der Waals surface area (Å²) in [5.41, 5.74) is 0.644. The molecule has 1 aliphatic heterocycles. The average Bonchev–Trinajstić information content (AvgIpc) is 2.94. The summed E-state index contributed by atoms with van der Waals surface area (Å²) in [5.74, 6) is 0.791. The number of ether oxygens (including phenoxy) is 1. The van der Waals surface area contributed by atoms with E-state index in [9.17, 15) is 0 Å². The van der Waals surface area contributed by atoms with Crippen LogP contribution in [0.4, 0.5) is 0 Å². The van der Waals surface area contributed by atoms with Crippen LogP contribution in [0, 0.1) is 5.92 Å². The van der Waals surface area contributed by atoms with Gasteiger partial charge in [-0.1, -0.05) is 19.8 Å². The fraction of sp³-hybridized carbons (Fsp3) is 1.00. The van der Waals surface area contributed by atoms with Crippen LogP contribution in [0.2, 0.25) is 0 Å². The summed E-state index contributed by atoms with van der Waals surface area (Å²) in [6, 6.07) is 0.640. The van der Waals surface area contributed by atoms with Crippen LogP contribution >= 0.6 is 0 Å². The molecule has 2 saturated carbocycles. The van der Waals surface area contributed by atoms with Crippen molar-refractivity contribution in [2.75, 3.05) is 27.2 Å². The molecule has 2 aliphatic carbocycles. The van der Waals surface area contributed by atoms with Gasteiger partial charge in [0.2, 0.25) is 0 Å². The highest BCUT2D eigenvalue weighted by Gasteiger charge is 2.50. The van der Waals surface area contributed by atoms with E-state index in [2.05, 4.69) is 31.2 Å². The molecule has 1 heterocycles. The standard InChI is InChI=1S/C18H34N2O/c1-4-19-16(18(20(2)3)11-5-6-12-18)15-8-13-21-17(14-15)9-7-10-17/h15-16,19H,4-14H2,1-3H3. The van der Waals surface area contributed by atoms with Crippen LogP contribution in [0.25, 0.3) is 0 Å². The summed E-state index contributed by atoms with van der Waals surface area (Å²) in [5, 5.41) is 3.91. The van der Waals surface area contributed by atoms with Gasteiger partial charge in [-0.2, -0.15) is 0 Å². The Morgan fingerprint density at radius 1 is 1.14 bits per heavy atom. The van der Waals surface area contributed by atoms with E-state index in [1.54, 1.807) is 0 Å². The molecule has 0 radical (unpaired) electrons. The quantitative estimate of drug-likeness (QED) is 0.843. The number of likely N-dealkylation sites (N-methyl/N-ethyl adjacent to an activating group) is 2. The Morgan fingerprint density at radius 2 is 1.86 bits per heavy atom. The van der Waals surface area contributed by atoms with E-state index >= 15 is 0 Å². The predicted molar refractivity (Wildman–Crippen MR) is 87.6 cm³/mol. The third kappa shape index (κ3) is 2.77. The number of hydrogen-bond donors (Lipinski definition) is 1. The Balaban J connectivity index is 1.79. The lowest BCUT2D eigenvalue weighted by Crippen LogP contribution is -2.62. The van der Waals surface area contributed by atoms with E-state index in [0.29, 0.717) is 11.6 Å². The molecule has 0 bridgehead atoms. The van der Waals surface area contributed by atoms with Gasteiger partial charge in [0, 0.05) is 18.2 Å². The fourth-order valence-electron chi connectivity index (χ4n) is 5.31. The Morgan fingerprint density at radius 3 is 2.38 bits per heavy atom. The van der Waals surface area contributed by atoms with Gasteiger partial charge in [0.05, 0.1) is 5.60 Å². The molecule has 2 unspecified atom stereocenters. The first-order chi connectivity index (χ1) is 10.1. The van der Waals surface area contributed by atoms with E-state index in [4.69, 9.17) is 4.74 Å². The molecular weight excluding hydrogens is 260 g/mol. The lowest BCUT2D eigenvalue weighted by molar-refractivity contribution is -0.152. The summed E-state index contributed by atoms with van der Waals surface area (Å²) in [7, 11) is 4.60. The summed E-state index contributed by atoms with van der Waals surface area (Å²) in [6.45, 7) is 4.34. The van der Waals surface area contributed by atoms with Gasteiger partial charge in [-0.25, -0.2) is 0 Å². The van der Waals surface area contributed by atoms with Gasteiger partial charge in [-0.15, -0.1) is 0 Å². The normalized spacial score (nSPS) is 32.3. The zero-order chi connectivity index (χ0) is 14.9. The molecule has 1 spiro atoms. The molecule has 3 fully saturated rings. The van der Waals surface area contributed by atoms with E-state index in [1.807, 2.05) is 0 Å². The number of nitrogens with one attached hydrogen (secondary N) is 1. The van der Waals surface area contributed by atoms with E-state index in [1.165, 1.54) is 57.8 Å². The van der Waals surface area contributed by atoms with E-state index in [-0.39, 0.29) is 5.60 Å². The maximum Gasteiger partial charge on any atom is 0.0685 e. The van der Waals surface area contributed by atoms with Crippen LogP contribution in [0.15, 0.2) is 0 Å². The summed E-state index contributed by atoms with van der Waals surface area (Å²) < 4.78 is 6.17. The van der Waals surface area contributed by atoms with E-state index < -0.39 is 0 Å². The first-order valence-electron chi connectivity index (χ1n) is 9.17. The molecule has 1 saturated heterocycles. The Bertz CT molecular complexity index is 345. The van der Waals surface area contributed by atoms with Crippen LogP contribution in [-0.4, -0.2) is 49.3 Å². The molecule has 3 aliphatic rings. The lowest BCUT2D eigenvalue weighted by atomic mass is 9.67. The minimum absolute atomic E-state index is 0.267. The lowest BCUT2D eigenvalue weighted by Gasteiger charge is -2.53. The van der Waals surface area contributed by atoms with Crippen molar-refractivity contribution in [2.24, 2.45) is 5.92 Å². The first kappa shape index (κ1) is 15.8. The molecule has 122 valence electrons. The maximum atomic E-state index is 6.17. The number of hydrogen-bond acceptors (Lipinski definition) is 3. The number of nitrogens with zero attached hydrogens (tertiary/aromatic N) is 1. The van der Waals surface area contributed by atoms with Gasteiger partial charge < -0.3 is 15.0 Å². The molecule has 2 atom stereocenters. The van der Waals surface area contributed by atoms with Crippen molar-refractivity contribution in [2.45, 2.75) is 81.9 Å². The van der Waals surface area contributed by atoms with Crippen molar-refractivity contribution in [3.8, 4) is 0 Å². The van der Waals surface area contributed by atoms with E-state index in [0.717, 1.165) is 19.1 Å². The largest absolute Gasteiger partial charge is 0.375 e. The predicted octanol–water partition coefficient (Wildman–Crippen LogP) is 3.19. The summed E-state index contributed by atoms with van der Waals surface area (Å²) >= 11 is 0. The topological polar surface area (TPSA) is 24.5 Å². The molecular formula is C18H34N2O. The molecule has 0 aromatic heterocycles. The molecule has 1 N–H and O–H groups in total. The van der Waals surface area contributed by atoms with Crippen LogP contribution in [0.3, 0.4) is 0 Å². The van der Waals surface area contributed by atoms with Crippen molar-refractivity contribution in [3.05, 3.63) is 0 Å². The monoisotopic (exact) mass is 294 g/mol. The summed E-state index contributed by atoms with van der Waals surface area (Å²) in [6.07, 6.45) is 12.0. The molecule has 3 rings (SSSR count). The minimum Gasteiger partial charge on any atom is -0.375 e. The Kier molecular flexibility index (Phi) is 4.63. The molecule has 0 aromatic rings. The third-order valence-electron chi connectivity index (χ3n) is 6.63. The van der Waals surface area contributed by atoms with Crippen LogP contribution in [0.1, 0.15) is 64.7 Å². The maximum absolute atomic E-state index is 6.17. The van der Waals surface area contributed by atoms with Crippen molar-refractivity contribution in [1.29, 1.82) is 0 Å². The minimum atomic E-state index is 0.267. The second-order valence-electron chi connectivity index (χ2n) is 7.88. The van der Waals surface area contributed by atoms with Gasteiger partial charge in [0.15, 0.2) is 0 Å². The second kappa shape index (κ2) is 6.17. The highest BCUT2D eigenvalue weighted by molar-refractivity contribution is 5.07. The van der Waals surface area contributed by atoms with Crippen molar-refractivity contribution < 1.29 is 4.74 Å². The van der Waals surface area contributed by atoms with Crippen molar-refractivity contribution >= 4 is 0 Å². The van der Waals surface area contributed by atoms with Gasteiger partial charge in [0.1, 0.15) is 0 Å². The van der Waals surface area contributed by atoms with Crippen molar-refractivity contribution in [1.82, 2.24) is 10.2 Å². The molecule has 3 heteroatoms. The number of rotatable bonds is 5. The van der Waals surface area contributed by atoms with Crippen molar-refractivity contribution in [3.63, 3.8) is 0 Å². The summed E-state index contributed by atoms with van der Waals surface area (Å²) in [4.78, 5) is 2.54. The van der Waals surface area contributed by atoms with Crippen LogP contribution < -0.4 is 5.32 Å². The second-order valence-corrected chi connectivity index (χ2v) is 7.88. The van der Waals surface area contributed by atoms with Gasteiger partial charge in [-0.05, 0) is 71.5 Å². The fourth-order valence-corrected chi connectivity index (χ4v) is 5.31. The first-order valence-corrected chi connectivity index (χ1v) is 9.17. The van der Waals surface area contributed by atoms with Crippen LogP contribution in [-0.2, 0) is 4.74 Å². The molecule has 3 nitrogen and oxygen atoms in total. The van der Waals surface area contributed by atoms with Gasteiger partial charge >= 0.3 is 0 Å². The zero-order valence-corrected chi connectivity index (χ0v) is 14.3. The molecule has 0 amide bonds. The Hall–Kier alpha value is -0.120.